The van der Waals surface area contributed by atoms with E-state index in [1.54, 1.807) is 6.20 Å². The number of urea groups is 1. The van der Waals surface area contributed by atoms with Gasteiger partial charge in [0.05, 0.1) is 17.6 Å². The van der Waals surface area contributed by atoms with E-state index in [2.05, 4.69) is 20.3 Å². The molecule has 2 saturated carbocycles. The highest BCUT2D eigenvalue weighted by atomic mass is 16.2. The van der Waals surface area contributed by atoms with Gasteiger partial charge in [-0.15, -0.1) is 0 Å². The summed E-state index contributed by atoms with van der Waals surface area (Å²) in [5.41, 5.74) is 2.76. The van der Waals surface area contributed by atoms with Crippen molar-refractivity contribution < 1.29 is 4.79 Å². The Balaban J connectivity index is 1.30. The number of nitrogens with zero attached hydrogens (tertiary/aromatic N) is 4. The van der Waals surface area contributed by atoms with Gasteiger partial charge in [0.15, 0.2) is 5.82 Å². The summed E-state index contributed by atoms with van der Waals surface area (Å²) in [4.78, 5) is 19.6. The molecule has 6 rings (SSSR count). The minimum absolute atomic E-state index is 0.0360. The van der Waals surface area contributed by atoms with Crippen LogP contribution in [0.3, 0.4) is 0 Å². The van der Waals surface area contributed by atoms with Crippen LogP contribution >= 0.6 is 0 Å². The van der Waals surface area contributed by atoms with Crippen molar-refractivity contribution in [1.29, 1.82) is 0 Å². The highest BCUT2D eigenvalue weighted by Gasteiger charge is 2.44. The summed E-state index contributed by atoms with van der Waals surface area (Å²) in [7, 11) is 0. The van der Waals surface area contributed by atoms with Crippen LogP contribution < -0.4 is 5.32 Å². The Hall–Kier alpha value is -2.37. The summed E-state index contributed by atoms with van der Waals surface area (Å²) >= 11 is 0. The average Bonchev–Trinajstić information content (AvgIpc) is 2.84. The fourth-order valence-corrected chi connectivity index (χ4v) is 5.67. The maximum absolute atomic E-state index is 13.0. The molecule has 0 spiro atoms. The summed E-state index contributed by atoms with van der Waals surface area (Å²) in [6, 6.07) is 6.31. The normalized spacial score (nSPS) is 29.0. The van der Waals surface area contributed by atoms with Crippen LogP contribution in [0.4, 0.5) is 10.5 Å². The van der Waals surface area contributed by atoms with Crippen molar-refractivity contribution in [3.05, 3.63) is 35.8 Å². The van der Waals surface area contributed by atoms with Crippen molar-refractivity contribution in [2.45, 2.75) is 52.0 Å². The largest absolute Gasteiger partial charge is 0.322 e. The van der Waals surface area contributed by atoms with Crippen molar-refractivity contribution in [1.82, 2.24) is 19.7 Å². The molecule has 27 heavy (non-hydrogen) atoms. The number of rotatable bonds is 2. The fourth-order valence-electron chi connectivity index (χ4n) is 5.67. The molecule has 4 bridgehead atoms. The molecule has 2 unspecified atom stereocenters. The number of carbonyl (C=O) groups excluding carboxylic acids is 1. The van der Waals surface area contributed by atoms with E-state index in [-0.39, 0.29) is 6.03 Å². The van der Waals surface area contributed by atoms with Crippen LogP contribution in [0.25, 0.3) is 5.82 Å². The Kier molecular flexibility index (Phi) is 3.95. The second-order valence-electron chi connectivity index (χ2n) is 8.76. The predicted octanol–water partition coefficient (Wildman–Crippen LogP) is 3.93. The van der Waals surface area contributed by atoms with Gasteiger partial charge in [0.25, 0.3) is 0 Å². The lowest BCUT2D eigenvalue weighted by molar-refractivity contribution is 0.136. The van der Waals surface area contributed by atoms with Crippen LogP contribution in [-0.2, 0) is 0 Å². The van der Waals surface area contributed by atoms with Gasteiger partial charge in [-0.25, -0.2) is 14.5 Å². The smallest absolute Gasteiger partial charge is 0.321 e. The number of aromatic nitrogens is 3. The van der Waals surface area contributed by atoms with Crippen molar-refractivity contribution >= 4 is 11.7 Å². The van der Waals surface area contributed by atoms with Gasteiger partial charge < -0.3 is 10.2 Å². The summed E-state index contributed by atoms with van der Waals surface area (Å²) in [5.74, 6) is 3.14. The maximum atomic E-state index is 13.0. The zero-order valence-corrected chi connectivity index (χ0v) is 16.1. The molecule has 1 N–H and O–H groups in total. The van der Waals surface area contributed by atoms with Crippen LogP contribution in [-0.4, -0.2) is 38.3 Å². The van der Waals surface area contributed by atoms with Gasteiger partial charge in [-0.05, 0) is 81.9 Å². The Morgan fingerprint density at radius 3 is 2.44 bits per heavy atom. The molecule has 6 nitrogen and oxygen atoms in total. The molecule has 4 aliphatic rings. The van der Waals surface area contributed by atoms with E-state index < -0.39 is 0 Å². The van der Waals surface area contributed by atoms with Gasteiger partial charge in [-0.2, -0.15) is 5.10 Å². The molecular weight excluding hydrogens is 338 g/mol. The van der Waals surface area contributed by atoms with Gasteiger partial charge in [0.1, 0.15) is 0 Å². The Morgan fingerprint density at radius 2 is 1.81 bits per heavy atom. The number of hydrogen-bond donors (Lipinski definition) is 1. The first-order valence-electron chi connectivity index (χ1n) is 10.1. The van der Waals surface area contributed by atoms with Crippen LogP contribution in [0.1, 0.15) is 43.5 Å². The summed E-state index contributed by atoms with van der Waals surface area (Å²) in [6.45, 7) is 4.90. The lowest BCUT2D eigenvalue weighted by atomic mass is 9.68. The first kappa shape index (κ1) is 16.8. The summed E-state index contributed by atoms with van der Waals surface area (Å²) in [5, 5.41) is 7.54. The van der Waals surface area contributed by atoms with Gasteiger partial charge >= 0.3 is 6.03 Å². The third-order valence-corrected chi connectivity index (χ3v) is 6.59. The van der Waals surface area contributed by atoms with Gasteiger partial charge in [-0.3, -0.25) is 0 Å². The van der Waals surface area contributed by atoms with E-state index in [0.717, 1.165) is 41.3 Å². The monoisotopic (exact) mass is 365 g/mol. The van der Waals surface area contributed by atoms with Crippen molar-refractivity contribution in [3.63, 3.8) is 0 Å². The quantitative estimate of drug-likeness (QED) is 0.877. The maximum Gasteiger partial charge on any atom is 0.322 e. The second-order valence-corrected chi connectivity index (χ2v) is 8.76. The third kappa shape index (κ3) is 3.11. The third-order valence-electron chi connectivity index (χ3n) is 6.59. The molecule has 2 aromatic rings. The van der Waals surface area contributed by atoms with E-state index in [9.17, 15) is 4.79 Å². The van der Waals surface area contributed by atoms with Gasteiger partial charge in [-0.1, -0.05) is 0 Å². The van der Waals surface area contributed by atoms with E-state index in [4.69, 9.17) is 0 Å². The van der Waals surface area contributed by atoms with Crippen molar-refractivity contribution in [2.75, 3.05) is 11.9 Å². The van der Waals surface area contributed by atoms with Crippen LogP contribution in [0.5, 0.6) is 0 Å². The number of carbonyl (C=O) groups is 1. The highest BCUT2D eigenvalue weighted by molar-refractivity contribution is 5.89. The standard InChI is InChI=1S/C21H27N5O/c1-13-5-14(2)26(24-13)20-4-3-18(11-22-20)23-21(27)25-12-17-7-15-6-16(8-17)10-19(25)9-15/h3-5,11,15-17,19H,6-10,12H2,1-2H3,(H,23,27). The lowest BCUT2D eigenvalue weighted by Gasteiger charge is -2.38. The zero-order chi connectivity index (χ0) is 18.5. The van der Waals surface area contributed by atoms with Crippen LogP contribution in [0.15, 0.2) is 24.4 Å². The van der Waals surface area contributed by atoms with Crippen LogP contribution in [0.2, 0.25) is 0 Å². The van der Waals surface area contributed by atoms with E-state index in [0.29, 0.717) is 12.0 Å². The molecule has 0 radical (unpaired) electrons. The average molecular weight is 365 g/mol. The highest BCUT2D eigenvalue weighted by Crippen LogP contribution is 2.47. The number of pyridine rings is 1. The first-order chi connectivity index (χ1) is 13.0. The topological polar surface area (TPSA) is 63.1 Å². The Labute approximate surface area is 160 Å². The molecule has 0 aromatic carbocycles. The van der Waals surface area contributed by atoms with Crippen molar-refractivity contribution in [3.8, 4) is 5.82 Å². The summed E-state index contributed by atoms with van der Waals surface area (Å²) in [6.07, 6.45) is 8.13. The second kappa shape index (κ2) is 6.36. The Morgan fingerprint density at radius 1 is 1.07 bits per heavy atom. The molecule has 2 aliphatic carbocycles. The Bertz CT molecular complexity index is 844. The van der Waals surface area contributed by atoms with Crippen LogP contribution in [0, 0.1) is 31.6 Å². The van der Waals surface area contributed by atoms with Gasteiger partial charge in [0, 0.05) is 18.3 Å². The predicted molar refractivity (Wildman–Crippen MR) is 104 cm³/mol. The fraction of sp³-hybridized carbons (Fsp3) is 0.571. The molecule has 2 amide bonds. The number of nitrogens with one attached hydrogen (secondary N) is 1. The molecule has 2 saturated heterocycles. The molecule has 4 heterocycles. The number of hydrogen-bond acceptors (Lipinski definition) is 3. The number of amides is 2. The van der Waals surface area contributed by atoms with Crippen molar-refractivity contribution in [2.24, 2.45) is 17.8 Å². The molecule has 2 atom stereocenters. The minimum Gasteiger partial charge on any atom is -0.321 e. The first-order valence-corrected chi connectivity index (χ1v) is 10.1. The van der Waals surface area contributed by atoms with E-state index in [1.807, 2.05) is 36.7 Å². The number of fused-ring (bicyclic) bond motifs is 1. The molecular formula is C21H27N5O. The molecule has 2 aromatic heterocycles. The van der Waals surface area contributed by atoms with E-state index in [1.165, 1.54) is 32.1 Å². The molecule has 142 valence electrons. The molecule has 6 heteroatoms. The van der Waals surface area contributed by atoms with E-state index >= 15 is 0 Å². The zero-order valence-electron chi connectivity index (χ0n) is 16.1. The molecule has 2 aliphatic heterocycles. The SMILES string of the molecule is Cc1cc(C)n(-c2ccc(NC(=O)N3CC4CC5CC(C4)CC3C5)cn2)n1. The lowest BCUT2D eigenvalue weighted by Crippen LogP contribution is -2.44. The molecule has 4 fully saturated rings. The summed E-state index contributed by atoms with van der Waals surface area (Å²) < 4.78 is 1.82. The van der Waals surface area contributed by atoms with Gasteiger partial charge in [0.2, 0.25) is 0 Å². The number of aryl methyl sites for hydroxylation is 2. The number of anilines is 1. The minimum atomic E-state index is 0.0360.